The Morgan fingerprint density at radius 2 is 0.935 bits per heavy atom. The van der Waals surface area contributed by atoms with Crippen molar-refractivity contribution in [1.29, 1.82) is 0 Å². The summed E-state index contributed by atoms with van der Waals surface area (Å²) in [5.41, 5.74) is 1.82. The smallest absolute Gasteiger partial charge is 0.246 e. The molecular weight excluding hydrogens is 1010 g/mol. The first-order chi connectivity index (χ1) is 36.8. The van der Waals surface area contributed by atoms with Crippen LogP contribution in [0.3, 0.4) is 0 Å². The van der Waals surface area contributed by atoms with E-state index in [2.05, 4.69) is 19.8 Å². The number of carbonyl (C=O) groups is 2. The maximum Gasteiger partial charge on any atom is 0.246 e. The molecule has 0 saturated carbocycles. The molecule has 0 bridgehead atoms. The van der Waals surface area contributed by atoms with E-state index in [-0.39, 0.29) is 80.9 Å². The molecule has 2 aromatic heterocycles. The summed E-state index contributed by atoms with van der Waals surface area (Å²) >= 11 is 0. The third-order valence-electron chi connectivity index (χ3n) is 16.2. The molecule has 6 N–H and O–H groups in total. The number of hydrogen-bond acceptors (Lipinski definition) is 8. The van der Waals surface area contributed by atoms with Crippen LogP contribution in [0.2, 0.25) is 0 Å². The number of aromatic nitrogens is 2. The summed E-state index contributed by atoms with van der Waals surface area (Å²) in [5.74, 6) is -6.79. The van der Waals surface area contributed by atoms with Gasteiger partial charge in [0.15, 0.2) is 29.1 Å². The van der Waals surface area contributed by atoms with Crippen LogP contribution >= 0.6 is 0 Å². The molecule has 10 rings (SSSR count). The lowest BCUT2D eigenvalue weighted by molar-refractivity contribution is -0.140. The van der Waals surface area contributed by atoms with Crippen molar-refractivity contribution in [2.45, 2.75) is 86.6 Å². The van der Waals surface area contributed by atoms with Gasteiger partial charge < -0.3 is 50.0 Å². The highest BCUT2D eigenvalue weighted by Crippen LogP contribution is 2.37. The van der Waals surface area contributed by atoms with Crippen molar-refractivity contribution >= 4 is 45.8 Å². The molecule has 12 nitrogen and oxygen atoms in total. The van der Waals surface area contributed by atoms with Gasteiger partial charge in [-0.05, 0) is 184 Å². The summed E-state index contributed by atoms with van der Waals surface area (Å²) in [6, 6.07) is 14.5. The molecule has 0 aliphatic carbocycles. The van der Waals surface area contributed by atoms with E-state index in [0.29, 0.717) is 24.6 Å². The van der Waals surface area contributed by atoms with Gasteiger partial charge in [-0.3, -0.25) is 9.59 Å². The number of likely N-dealkylation sites (tertiary alicyclic amines) is 4. The quantitative estimate of drug-likeness (QED) is 0.0405. The van der Waals surface area contributed by atoms with Crippen molar-refractivity contribution < 1.29 is 60.7 Å². The molecule has 77 heavy (non-hydrogen) atoms. The number of halogens is 7. The Balaban J connectivity index is 0.000000188. The molecule has 4 fully saturated rings. The zero-order chi connectivity index (χ0) is 54.6. The molecule has 2 atom stereocenters. The predicted molar refractivity (Wildman–Crippen MR) is 278 cm³/mol. The molecule has 0 radical (unpaired) electrons. The van der Waals surface area contributed by atoms with Gasteiger partial charge in [0.2, 0.25) is 11.8 Å². The van der Waals surface area contributed by atoms with E-state index < -0.39 is 58.4 Å². The minimum absolute atomic E-state index is 0.0179. The molecule has 410 valence electrons. The van der Waals surface area contributed by atoms with Gasteiger partial charge in [-0.2, -0.15) is 0 Å². The van der Waals surface area contributed by atoms with Gasteiger partial charge in [-0.15, -0.1) is 0 Å². The monoisotopic (exact) mass is 1070 g/mol. The van der Waals surface area contributed by atoms with Crippen LogP contribution < -0.4 is 0 Å². The maximum atomic E-state index is 13.8. The van der Waals surface area contributed by atoms with Gasteiger partial charge in [0.1, 0.15) is 11.6 Å². The normalized spacial score (nSPS) is 19.8. The second-order valence-electron chi connectivity index (χ2n) is 21.0. The van der Waals surface area contributed by atoms with Crippen LogP contribution in [-0.2, 0) is 9.59 Å². The van der Waals surface area contributed by atoms with E-state index in [4.69, 9.17) is 0 Å². The van der Waals surface area contributed by atoms with Crippen LogP contribution in [0.4, 0.5) is 30.7 Å². The van der Waals surface area contributed by atoms with Gasteiger partial charge in [0, 0.05) is 85.6 Å². The summed E-state index contributed by atoms with van der Waals surface area (Å²) in [5, 5.41) is 45.9. The number of amides is 2. The van der Waals surface area contributed by atoms with Gasteiger partial charge in [-0.1, -0.05) is 6.07 Å². The number of piperidine rings is 4. The fourth-order valence-corrected chi connectivity index (χ4v) is 11.3. The van der Waals surface area contributed by atoms with Gasteiger partial charge in [0.05, 0.1) is 23.4 Å². The molecule has 4 aliphatic rings. The third kappa shape index (κ3) is 13.0. The summed E-state index contributed by atoms with van der Waals surface area (Å²) < 4.78 is 93.9. The van der Waals surface area contributed by atoms with Crippen LogP contribution in [0.5, 0.6) is 0 Å². The number of nitrogens with zero attached hydrogens (tertiary/aromatic N) is 4. The number of carbonyl (C=O) groups excluding carboxylic acids is 2. The van der Waals surface area contributed by atoms with Gasteiger partial charge in [-0.25, -0.2) is 30.7 Å². The summed E-state index contributed by atoms with van der Waals surface area (Å²) in [7, 11) is 0. The second-order valence-corrected chi connectivity index (χ2v) is 21.0. The standard InChI is InChI=1S/C29H31F4N3O3.C29H32F3N3O3/c30-20-2-3-25-21(15-20)22(16-34-25)19-5-9-35(10-6-19)17-26(37)29(39)7-11-36(12-8-29)27(38)4-1-18-13-23(31)28(33)24(32)14-18;30-21-3-5-26-22(16-21)23(17-33-26)20-7-11-34(12-8-20)18-27(36)29(38)9-13-35(14-10-29)28(37)6-2-19-1-4-24(31)25(32)15-19/h1-4,13-16,19,26,34,37,39H,5-12,17H2;1-6,15-17,20,27,33,36,38H,7-14,18H2/b4-1+;6-2+. The molecular formula is C58H63F7N6O6. The first kappa shape index (κ1) is 55.4. The van der Waals surface area contributed by atoms with E-state index >= 15 is 0 Å². The Hall–Kier alpha value is -6.35. The lowest BCUT2D eigenvalue weighted by Crippen LogP contribution is -2.56. The second kappa shape index (κ2) is 23.7. The Morgan fingerprint density at radius 1 is 0.532 bits per heavy atom. The number of benzene rings is 4. The number of aliphatic hydroxyl groups excluding tert-OH is 2. The van der Waals surface area contributed by atoms with E-state index in [1.54, 1.807) is 29.2 Å². The van der Waals surface area contributed by atoms with Crippen molar-refractivity contribution in [2.75, 3.05) is 65.4 Å². The lowest BCUT2D eigenvalue weighted by atomic mass is 9.84. The minimum Gasteiger partial charge on any atom is -0.389 e. The Kier molecular flexibility index (Phi) is 17.1. The average Bonchev–Trinajstić information content (AvgIpc) is 4.05. The van der Waals surface area contributed by atoms with Gasteiger partial charge in [0.25, 0.3) is 0 Å². The summed E-state index contributed by atoms with van der Waals surface area (Å²) in [6.45, 7) is 4.64. The average molecular weight is 1070 g/mol. The molecule has 4 aromatic carbocycles. The molecule has 2 amide bonds. The van der Waals surface area contributed by atoms with Crippen molar-refractivity contribution in [3.8, 4) is 0 Å². The number of hydrogen-bond donors (Lipinski definition) is 6. The largest absolute Gasteiger partial charge is 0.389 e. The summed E-state index contributed by atoms with van der Waals surface area (Å²) in [6.07, 6.45) is 11.4. The fraction of sp³-hybridized carbons (Fsp3) is 0.414. The lowest BCUT2D eigenvalue weighted by Gasteiger charge is -2.43. The van der Waals surface area contributed by atoms with Crippen LogP contribution in [0.25, 0.3) is 34.0 Å². The number of aliphatic hydroxyl groups is 4. The SMILES string of the molecule is O=C(/C=C/c1cc(F)c(F)c(F)c1)N1CCC(O)(C(O)CN2CCC(c3c[nH]c4ccc(F)cc34)CC2)CC1.O=C(/C=C/c1ccc(F)c(F)c1)N1CCC(O)(C(O)CN2CCC(c3c[nH]c4ccc(F)cc34)CC2)CC1. The number of fused-ring (bicyclic) bond motifs is 2. The number of H-pyrrole nitrogens is 2. The topological polar surface area (TPSA) is 160 Å². The van der Waals surface area contributed by atoms with E-state index in [9.17, 15) is 60.7 Å². The molecule has 0 spiro atoms. The maximum absolute atomic E-state index is 13.8. The van der Waals surface area contributed by atoms with E-state index in [0.717, 1.165) is 115 Å². The van der Waals surface area contributed by atoms with Gasteiger partial charge >= 0.3 is 0 Å². The Bertz CT molecular complexity index is 3090. The van der Waals surface area contributed by atoms with Crippen LogP contribution in [-0.4, -0.2) is 151 Å². The van der Waals surface area contributed by atoms with Crippen molar-refractivity contribution in [3.63, 3.8) is 0 Å². The number of rotatable bonds is 12. The highest BCUT2D eigenvalue weighted by Gasteiger charge is 2.42. The van der Waals surface area contributed by atoms with Crippen molar-refractivity contribution in [1.82, 2.24) is 29.6 Å². The van der Waals surface area contributed by atoms with Crippen molar-refractivity contribution in [3.05, 3.63) is 154 Å². The van der Waals surface area contributed by atoms with Crippen LogP contribution in [0, 0.1) is 40.7 Å². The predicted octanol–water partition coefficient (Wildman–Crippen LogP) is 8.52. The van der Waals surface area contributed by atoms with Crippen molar-refractivity contribution in [2.24, 2.45) is 0 Å². The first-order valence-electron chi connectivity index (χ1n) is 26.2. The van der Waals surface area contributed by atoms with E-state index in [1.165, 1.54) is 41.3 Å². The highest BCUT2D eigenvalue weighted by atomic mass is 19.2. The number of β-amino-alcohol motifs (C(OH)–C–C–N with tert-alkyl or cyclic N) is 2. The summed E-state index contributed by atoms with van der Waals surface area (Å²) in [4.78, 5) is 38.8. The Morgan fingerprint density at radius 3 is 1.35 bits per heavy atom. The van der Waals surface area contributed by atoms with E-state index in [1.807, 2.05) is 12.4 Å². The van der Waals surface area contributed by atoms with Crippen LogP contribution in [0.15, 0.2) is 91.3 Å². The molecule has 6 aromatic rings. The van der Waals surface area contributed by atoms with Crippen LogP contribution in [0.1, 0.15) is 85.5 Å². The minimum atomic E-state index is -1.57. The molecule has 2 unspecified atom stereocenters. The Labute approximate surface area is 441 Å². The molecule has 4 saturated heterocycles. The number of aromatic amines is 2. The zero-order valence-electron chi connectivity index (χ0n) is 42.4. The molecule has 4 aliphatic heterocycles. The fourth-order valence-electron chi connectivity index (χ4n) is 11.3. The zero-order valence-corrected chi connectivity index (χ0v) is 42.4. The highest BCUT2D eigenvalue weighted by molar-refractivity contribution is 5.92. The molecule has 19 heteroatoms. The number of nitrogens with one attached hydrogen (secondary N) is 2. The molecule has 6 heterocycles. The third-order valence-corrected chi connectivity index (χ3v) is 16.2. The first-order valence-corrected chi connectivity index (χ1v) is 26.2.